The molecule has 0 fully saturated rings. The summed E-state index contributed by atoms with van der Waals surface area (Å²) >= 11 is 0. The minimum absolute atomic E-state index is 0.0725. The number of aliphatic hydroxyl groups is 1. The number of benzene rings is 1. The van der Waals surface area contributed by atoms with Gasteiger partial charge in [0.15, 0.2) is 0 Å². The molecule has 1 amide bonds. The number of carbonyl (C=O) groups excluding carboxylic acids is 1. The summed E-state index contributed by atoms with van der Waals surface area (Å²) in [6.45, 7) is 0.0942. The zero-order valence-electron chi connectivity index (χ0n) is 8.88. The highest BCUT2D eigenvalue weighted by Crippen LogP contribution is 2.07. The molecule has 0 aromatic heterocycles. The van der Waals surface area contributed by atoms with Crippen LogP contribution in [0.4, 0.5) is 0 Å². The number of aliphatic hydroxyl groups excluding tert-OH is 1. The van der Waals surface area contributed by atoms with Gasteiger partial charge in [0.25, 0.3) is 5.91 Å². The lowest BCUT2D eigenvalue weighted by Crippen LogP contribution is -2.29. The smallest absolute Gasteiger partial charge is 0.335 e. The standard InChI is InChI=1S/C11H13NO4/c1-12(5-6-13)10(14)8-3-2-4-9(7-8)11(15)16/h2-4,7,13H,5-6H2,1H3,(H,15,16). The molecular formula is C11H13NO4. The lowest BCUT2D eigenvalue weighted by molar-refractivity contribution is 0.0697. The van der Waals surface area contributed by atoms with Gasteiger partial charge in [-0.05, 0) is 18.2 Å². The molecule has 0 radical (unpaired) electrons. The van der Waals surface area contributed by atoms with Crippen LogP contribution in [0, 0.1) is 0 Å². The maximum absolute atomic E-state index is 11.7. The van der Waals surface area contributed by atoms with Gasteiger partial charge >= 0.3 is 5.97 Å². The highest BCUT2D eigenvalue weighted by Gasteiger charge is 2.12. The van der Waals surface area contributed by atoms with Gasteiger partial charge in [0, 0.05) is 19.2 Å². The van der Waals surface area contributed by atoms with Gasteiger partial charge in [0.2, 0.25) is 0 Å². The monoisotopic (exact) mass is 223 g/mol. The van der Waals surface area contributed by atoms with E-state index in [0.29, 0.717) is 5.56 Å². The Balaban J connectivity index is 2.91. The summed E-state index contributed by atoms with van der Waals surface area (Å²) in [4.78, 5) is 23.8. The first-order chi connectivity index (χ1) is 7.56. The van der Waals surface area contributed by atoms with Crippen molar-refractivity contribution in [2.24, 2.45) is 0 Å². The number of carboxylic acids is 1. The van der Waals surface area contributed by atoms with Gasteiger partial charge in [-0.25, -0.2) is 4.79 Å². The maximum Gasteiger partial charge on any atom is 0.335 e. The third kappa shape index (κ3) is 2.80. The fourth-order valence-electron chi connectivity index (χ4n) is 1.26. The van der Waals surface area contributed by atoms with E-state index in [0.717, 1.165) is 0 Å². The first kappa shape index (κ1) is 12.2. The fraction of sp³-hybridized carbons (Fsp3) is 0.273. The zero-order valence-corrected chi connectivity index (χ0v) is 8.88. The van der Waals surface area contributed by atoms with Crippen LogP contribution < -0.4 is 0 Å². The molecule has 16 heavy (non-hydrogen) atoms. The van der Waals surface area contributed by atoms with Gasteiger partial charge in [0.05, 0.1) is 12.2 Å². The van der Waals surface area contributed by atoms with Gasteiger partial charge < -0.3 is 15.1 Å². The summed E-state index contributed by atoms with van der Waals surface area (Å²) in [7, 11) is 1.55. The molecule has 0 atom stereocenters. The molecular weight excluding hydrogens is 210 g/mol. The van der Waals surface area contributed by atoms with Crippen molar-refractivity contribution in [1.29, 1.82) is 0 Å². The van der Waals surface area contributed by atoms with Gasteiger partial charge in [-0.3, -0.25) is 4.79 Å². The van der Waals surface area contributed by atoms with E-state index >= 15 is 0 Å². The Morgan fingerprint density at radius 1 is 1.31 bits per heavy atom. The molecule has 1 rings (SSSR count). The average molecular weight is 223 g/mol. The topological polar surface area (TPSA) is 77.8 Å². The molecule has 0 aliphatic rings. The Morgan fingerprint density at radius 2 is 1.94 bits per heavy atom. The van der Waals surface area contributed by atoms with Crippen LogP contribution in [-0.2, 0) is 0 Å². The molecule has 5 nitrogen and oxygen atoms in total. The molecule has 0 spiro atoms. The fourth-order valence-corrected chi connectivity index (χ4v) is 1.26. The number of nitrogens with zero attached hydrogens (tertiary/aromatic N) is 1. The molecule has 5 heteroatoms. The highest BCUT2D eigenvalue weighted by atomic mass is 16.4. The summed E-state index contributed by atoms with van der Waals surface area (Å²) < 4.78 is 0. The summed E-state index contributed by atoms with van der Waals surface area (Å²) in [5.41, 5.74) is 0.374. The van der Waals surface area contributed by atoms with Crippen molar-refractivity contribution in [3.05, 3.63) is 35.4 Å². The molecule has 0 bridgehead atoms. The molecule has 0 saturated carbocycles. The highest BCUT2D eigenvalue weighted by molar-refractivity contribution is 5.97. The lowest BCUT2D eigenvalue weighted by Gasteiger charge is -2.15. The van der Waals surface area contributed by atoms with Crippen molar-refractivity contribution in [2.75, 3.05) is 20.2 Å². The van der Waals surface area contributed by atoms with Crippen LogP contribution in [0.1, 0.15) is 20.7 Å². The van der Waals surface area contributed by atoms with Crippen LogP contribution in [-0.4, -0.2) is 47.2 Å². The number of aromatic carboxylic acids is 1. The zero-order chi connectivity index (χ0) is 12.1. The van der Waals surface area contributed by atoms with Crippen molar-refractivity contribution in [3.8, 4) is 0 Å². The Labute approximate surface area is 92.9 Å². The van der Waals surface area contributed by atoms with Gasteiger partial charge in [-0.15, -0.1) is 0 Å². The first-order valence-corrected chi connectivity index (χ1v) is 4.76. The van der Waals surface area contributed by atoms with Gasteiger partial charge in [-0.1, -0.05) is 6.07 Å². The minimum atomic E-state index is -1.07. The van der Waals surface area contributed by atoms with Crippen LogP contribution in [0.2, 0.25) is 0 Å². The number of amides is 1. The summed E-state index contributed by atoms with van der Waals surface area (Å²) in [5.74, 6) is -1.38. The second-order valence-corrected chi connectivity index (χ2v) is 3.34. The van der Waals surface area contributed by atoms with Crippen LogP contribution in [0.15, 0.2) is 24.3 Å². The molecule has 2 N–H and O–H groups in total. The van der Waals surface area contributed by atoms with E-state index in [9.17, 15) is 9.59 Å². The van der Waals surface area contributed by atoms with Crippen molar-refractivity contribution in [2.45, 2.75) is 0 Å². The average Bonchev–Trinajstić information content (AvgIpc) is 2.28. The number of carboxylic acid groups (broad SMARTS) is 1. The number of rotatable bonds is 4. The maximum atomic E-state index is 11.7. The van der Waals surface area contributed by atoms with Crippen molar-refractivity contribution in [3.63, 3.8) is 0 Å². The molecule has 0 aliphatic heterocycles. The van der Waals surface area contributed by atoms with E-state index in [2.05, 4.69) is 0 Å². The number of hydrogen-bond acceptors (Lipinski definition) is 3. The predicted molar refractivity (Wildman–Crippen MR) is 57.4 cm³/mol. The van der Waals surface area contributed by atoms with Crippen LogP contribution in [0.5, 0.6) is 0 Å². The number of carbonyl (C=O) groups is 2. The molecule has 1 aromatic rings. The Bertz CT molecular complexity index is 403. The van der Waals surface area contributed by atoms with Crippen LogP contribution in [0.3, 0.4) is 0 Å². The second kappa shape index (κ2) is 5.27. The molecule has 0 heterocycles. The Kier molecular flexibility index (Phi) is 4.02. The van der Waals surface area contributed by atoms with Gasteiger partial charge in [0.1, 0.15) is 0 Å². The summed E-state index contributed by atoms with van der Waals surface area (Å²) in [6, 6.07) is 5.80. The minimum Gasteiger partial charge on any atom is -0.478 e. The largest absolute Gasteiger partial charge is 0.478 e. The van der Waals surface area contributed by atoms with E-state index in [1.54, 1.807) is 13.1 Å². The van der Waals surface area contributed by atoms with Crippen molar-refractivity contribution >= 4 is 11.9 Å². The Hall–Kier alpha value is -1.88. The van der Waals surface area contributed by atoms with Crippen LogP contribution >= 0.6 is 0 Å². The van der Waals surface area contributed by atoms with Crippen molar-refractivity contribution in [1.82, 2.24) is 4.90 Å². The molecule has 1 aromatic carbocycles. The summed E-state index contributed by atoms with van der Waals surface area (Å²) in [5, 5.41) is 17.5. The predicted octanol–water partition coefficient (Wildman–Crippen LogP) is 0.449. The van der Waals surface area contributed by atoms with E-state index in [-0.39, 0.29) is 24.6 Å². The second-order valence-electron chi connectivity index (χ2n) is 3.34. The third-order valence-electron chi connectivity index (χ3n) is 2.14. The number of hydrogen-bond donors (Lipinski definition) is 2. The van der Waals surface area contributed by atoms with Crippen LogP contribution in [0.25, 0.3) is 0 Å². The lowest BCUT2D eigenvalue weighted by atomic mass is 10.1. The van der Waals surface area contributed by atoms with E-state index in [4.69, 9.17) is 10.2 Å². The van der Waals surface area contributed by atoms with E-state index < -0.39 is 5.97 Å². The molecule has 86 valence electrons. The third-order valence-corrected chi connectivity index (χ3v) is 2.14. The SMILES string of the molecule is CN(CCO)C(=O)c1cccc(C(=O)O)c1. The molecule has 0 aliphatic carbocycles. The number of likely N-dealkylation sites (N-methyl/N-ethyl adjacent to an activating group) is 1. The van der Waals surface area contributed by atoms with E-state index in [1.165, 1.54) is 23.1 Å². The van der Waals surface area contributed by atoms with E-state index in [1.807, 2.05) is 0 Å². The van der Waals surface area contributed by atoms with Gasteiger partial charge in [-0.2, -0.15) is 0 Å². The van der Waals surface area contributed by atoms with Crippen molar-refractivity contribution < 1.29 is 19.8 Å². The molecule has 0 unspecified atom stereocenters. The quantitative estimate of drug-likeness (QED) is 0.776. The Morgan fingerprint density at radius 3 is 2.50 bits per heavy atom. The first-order valence-electron chi connectivity index (χ1n) is 4.76. The molecule has 0 saturated heterocycles. The normalized spacial score (nSPS) is 9.88. The summed E-state index contributed by atoms with van der Waals surface area (Å²) in [6.07, 6.45) is 0.